The fourth-order valence-electron chi connectivity index (χ4n) is 7.24. The number of ether oxygens (including phenoxy) is 4. The van der Waals surface area contributed by atoms with Crippen LogP contribution in [-0.4, -0.2) is 38.7 Å². The predicted molar refractivity (Wildman–Crippen MR) is 172 cm³/mol. The number of aliphatic hydroxyl groups is 1. The summed E-state index contributed by atoms with van der Waals surface area (Å²) in [5.41, 5.74) is 3.95. The maximum absolute atomic E-state index is 11.4. The third kappa shape index (κ3) is 4.88. The predicted octanol–water partition coefficient (Wildman–Crippen LogP) is 5.83. The van der Waals surface area contributed by atoms with Crippen molar-refractivity contribution in [3.05, 3.63) is 119 Å². The molecular formula is C37H40O6Si. The molecule has 0 amide bonds. The smallest absolute Gasteiger partial charge is 0.261 e. The molecule has 7 heteroatoms. The number of benzene rings is 4. The molecule has 44 heavy (non-hydrogen) atoms. The van der Waals surface area contributed by atoms with E-state index < -0.39 is 26.0 Å². The summed E-state index contributed by atoms with van der Waals surface area (Å²) in [6, 6.07) is 33.2. The van der Waals surface area contributed by atoms with Crippen LogP contribution in [0.5, 0.6) is 11.5 Å². The normalized spacial score (nSPS) is 24.2. The van der Waals surface area contributed by atoms with Gasteiger partial charge in [0.1, 0.15) is 11.5 Å². The van der Waals surface area contributed by atoms with Gasteiger partial charge in [0, 0.05) is 24.7 Å². The van der Waals surface area contributed by atoms with Crippen LogP contribution in [0.3, 0.4) is 0 Å². The van der Waals surface area contributed by atoms with E-state index in [0.717, 1.165) is 28.0 Å². The molecule has 1 N–H and O–H groups in total. The van der Waals surface area contributed by atoms with Crippen molar-refractivity contribution in [3.8, 4) is 11.5 Å². The van der Waals surface area contributed by atoms with Gasteiger partial charge in [-0.1, -0.05) is 99.6 Å². The van der Waals surface area contributed by atoms with Crippen LogP contribution in [0.25, 0.3) is 0 Å². The first-order chi connectivity index (χ1) is 21.2. The summed E-state index contributed by atoms with van der Waals surface area (Å²) in [6.07, 6.45) is 0.728. The van der Waals surface area contributed by atoms with Crippen molar-refractivity contribution >= 4 is 18.7 Å². The Morgan fingerprint density at radius 2 is 1.43 bits per heavy atom. The Morgan fingerprint density at radius 1 is 0.795 bits per heavy atom. The Labute approximate surface area is 260 Å². The van der Waals surface area contributed by atoms with Crippen molar-refractivity contribution in [2.24, 2.45) is 0 Å². The third-order valence-electron chi connectivity index (χ3n) is 9.47. The van der Waals surface area contributed by atoms with Gasteiger partial charge in [0.15, 0.2) is 5.79 Å². The molecule has 3 aliphatic rings. The highest BCUT2D eigenvalue weighted by Crippen LogP contribution is 2.48. The number of methoxy groups -OCH3 is 1. The highest BCUT2D eigenvalue weighted by molar-refractivity contribution is 6.99. The molecule has 0 fully saturated rings. The van der Waals surface area contributed by atoms with Crippen LogP contribution in [0, 0.1) is 0 Å². The summed E-state index contributed by atoms with van der Waals surface area (Å²) >= 11 is 0. The Bertz CT molecular complexity index is 1590. The number of hydrogen-bond donors (Lipinski definition) is 1. The molecule has 0 bridgehead atoms. The van der Waals surface area contributed by atoms with Crippen molar-refractivity contribution in [1.82, 2.24) is 0 Å². The van der Waals surface area contributed by atoms with Crippen molar-refractivity contribution in [2.45, 2.75) is 69.4 Å². The van der Waals surface area contributed by atoms with Crippen molar-refractivity contribution in [2.75, 3.05) is 13.7 Å². The first-order valence-corrected chi connectivity index (χ1v) is 17.3. The highest BCUT2D eigenvalue weighted by Gasteiger charge is 2.53. The van der Waals surface area contributed by atoms with Crippen LogP contribution < -0.4 is 19.8 Å². The maximum Gasteiger partial charge on any atom is 0.261 e. The van der Waals surface area contributed by atoms with E-state index in [-0.39, 0.29) is 11.6 Å². The van der Waals surface area contributed by atoms with E-state index in [0.29, 0.717) is 31.6 Å². The summed E-state index contributed by atoms with van der Waals surface area (Å²) in [5.74, 6) is -0.422. The van der Waals surface area contributed by atoms with Crippen molar-refractivity contribution in [1.29, 1.82) is 0 Å². The number of hydrogen-bond acceptors (Lipinski definition) is 6. The van der Waals surface area contributed by atoms with Crippen LogP contribution in [0.1, 0.15) is 55.5 Å². The van der Waals surface area contributed by atoms with E-state index in [4.69, 9.17) is 23.4 Å². The standard InChI is InChI=1S/C37H40O6Si/c1-35(2,3)44(29-14-7-5-8-15-29,30-16-9-6-10-17-30)41-25-37(39-4)22-27-19-31-32(38)23-36(43-34(31)20-28(27)24-40-37)21-26-13-11-12-18-33(26)42-36/h5-20,32,38H,21-25H2,1-4H3. The molecule has 4 aromatic rings. The zero-order chi connectivity index (χ0) is 30.6. The average molecular weight is 609 g/mol. The van der Waals surface area contributed by atoms with Gasteiger partial charge < -0.3 is 28.5 Å². The zero-order valence-corrected chi connectivity index (χ0v) is 26.8. The molecule has 3 heterocycles. The van der Waals surface area contributed by atoms with Gasteiger partial charge in [-0.3, -0.25) is 0 Å². The number of fused-ring (bicyclic) bond motifs is 3. The van der Waals surface area contributed by atoms with Gasteiger partial charge in [-0.2, -0.15) is 0 Å². The molecule has 0 aromatic heterocycles. The quantitative estimate of drug-likeness (QED) is 0.278. The number of aliphatic hydroxyl groups excluding tert-OH is 1. The summed E-state index contributed by atoms with van der Waals surface area (Å²) in [6.45, 7) is 7.41. The number of rotatable bonds is 6. The molecule has 3 atom stereocenters. The fourth-order valence-corrected chi connectivity index (χ4v) is 11.8. The van der Waals surface area contributed by atoms with Gasteiger partial charge in [-0.15, -0.1) is 0 Å². The highest BCUT2D eigenvalue weighted by atomic mass is 28.4. The molecule has 0 radical (unpaired) electrons. The molecular weight excluding hydrogens is 568 g/mol. The van der Waals surface area contributed by atoms with Crippen LogP contribution in [0.4, 0.5) is 0 Å². The minimum atomic E-state index is -2.80. The van der Waals surface area contributed by atoms with Gasteiger partial charge in [-0.25, -0.2) is 0 Å². The van der Waals surface area contributed by atoms with E-state index in [9.17, 15) is 5.11 Å². The van der Waals surface area contributed by atoms with Crippen LogP contribution >= 0.6 is 0 Å². The van der Waals surface area contributed by atoms with Gasteiger partial charge in [0.25, 0.3) is 14.1 Å². The lowest BCUT2D eigenvalue weighted by atomic mass is 9.88. The minimum Gasteiger partial charge on any atom is -0.452 e. The van der Waals surface area contributed by atoms with Crippen molar-refractivity contribution in [3.63, 3.8) is 0 Å². The Balaban J connectivity index is 1.18. The van der Waals surface area contributed by atoms with Crippen molar-refractivity contribution < 1.29 is 28.5 Å². The number of para-hydroxylation sites is 1. The van der Waals surface area contributed by atoms with E-state index in [1.807, 2.05) is 36.4 Å². The molecule has 6 nitrogen and oxygen atoms in total. The second kappa shape index (κ2) is 10.9. The second-order valence-electron chi connectivity index (χ2n) is 13.3. The van der Waals surface area contributed by atoms with E-state index in [2.05, 4.69) is 81.4 Å². The molecule has 3 unspecified atom stereocenters. The third-order valence-corrected chi connectivity index (χ3v) is 14.5. The summed E-state index contributed by atoms with van der Waals surface area (Å²) in [5, 5.41) is 13.6. The molecule has 4 aromatic carbocycles. The molecule has 0 saturated heterocycles. The molecule has 3 aliphatic heterocycles. The van der Waals surface area contributed by atoms with E-state index in [1.165, 1.54) is 10.4 Å². The molecule has 0 saturated carbocycles. The van der Waals surface area contributed by atoms with E-state index >= 15 is 0 Å². The first-order valence-electron chi connectivity index (χ1n) is 15.4. The van der Waals surface area contributed by atoms with Gasteiger partial charge in [0.2, 0.25) is 0 Å². The fraction of sp³-hybridized carbons (Fsp3) is 0.351. The van der Waals surface area contributed by atoms with E-state index in [1.54, 1.807) is 7.11 Å². The zero-order valence-electron chi connectivity index (χ0n) is 25.8. The molecule has 0 aliphatic carbocycles. The molecule has 7 rings (SSSR count). The lowest BCUT2D eigenvalue weighted by Gasteiger charge is -2.46. The Morgan fingerprint density at radius 3 is 2.07 bits per heavy atom. The van der Waals surface area contributed by atoms with Crippen LogP contribution in [0.15, 0.2) is 97.1 Å². The topological polar surface area (TPSA) is 66.4 Å². The van der Waals surface area contributed by atoms with Gasteiger partial charge in [-0.05, 0) is 44.7 Å². The van der Waals surface area contributed by atoms with Crippen LogP contribution in [-0.2, 0) is 33.3 Å². The lowest BCUT2D eigenvalue weighted by Crippen LogP contribution is -2.68. The lowest BCUT2D eigenvalue weighted by molar-refractivity contribution is -0.250. The minimum absolute atomic E-state index is 0.171. The summed E-state index contributed by atoms with van der Waals surface area (Å²) in [7, 11) is -1.11. The summed E-state index contributed by atoms with van der Waals surface area (Å²) < 4.78 is 32.7. The Kier molecular flexibility index (Phi) is 7.22. The monoisotopic (exact) mass is 608 g/mol. The summed E-state index contributed by atoms with van der Waals surface area (Å²) in [4.78, 5) is 0. The van der Waals surface area contributed by atoms with Gasteiger partial charge >= 0.3 is 0 Å². The molecule has 228 valence electrons. The molecule has 1 spiro atoms. The second-order valence-corrected chi connectivity index (χ2v) is 17.6. The average Bonchev–Trinajstić information content (AvgIpc) is 3.38. The Hall–Kier alpha value is -3.46. The SMILES string of the molecule is COC1(CO[Si](c2ccccc2)(c2ccccc2)C(C)(C)C)Cc2cc3c(cc2CO1)OC1(Cc2ccccc2O1)CC3O. The maximum atomic E-state index is 11.4. The largest absolute Gasteiger partial charge is 0.452 e. The first kappa shape index (κ1) is 29.3. The van der Waals surface area contributed by atoms with Gasteiger partial charge in [0.05, 0.1) is 32.2 Å². The van der Waals surface area contributed by atoms with Crippen LogP contribution in [0.2, 0.25) is 5.04 Å².